The molecule has 0 atom stereocenters. The van der Waals surface area contributed by atoms with Crippen LogP contribution in [-0.2, 0) is 28.9 Å². The normalized spacial score (nSPS) is 9.97. The van der Waals surface area contributed by atoms with E-state index in [1.54, 1.807) is 4.68 Å². The molecule has 0 fully saturated rings. The zero-order valence-corrected chi connectivity index (χ0v) is 20.3. The Morgan fingerprint density at radius 1 is 0.733 bits per heavy atom. The largest absolute Gasteiger partial charge is 1.00 e. The summed E-state index contributed by atoms with van der Waals surface area (Å²) in [6.07, 6.45) is 0. The summed E-state index contributed by atoms with van der Waals surface area (Å²) in [4.78, 5) is 0. The van der Waals surface area contributed by atoms with Gasteiger partial charge in [0, 0.05) is 0 Å². The first-order valence-corrected chi connectivity index (χ1v) is 11.3. The summed E-state index contributed by atoms with van der Waals surface area (Å²) in [6, 6.07) is 32.5. The van der Waals surface area contributed by atoms with E-state index in [4.69, 9.17) is 0 Å². The van der Waals surface area contributed by atoms with Gasteiger partial charge in [0.2, 0.25) is 0 Å². The van der Waals surface area contributed by atoms with E-state index in [0.29, 0.717) is 5.95 Å². The Hall–Kier alpha value is -2.30. The van der Waals surface area contributed by atoms with Crippen molar-refractivity contribution in [3.63, 3.8) is 0 Å². The van der Waals surface area contributed by atoms with Crippen LogP contribution in [0.5, 0.6) is 0 Å². The zero-order chi connectivity index (χ0) is 20.3. The van der Waals surface area contributed by atoms with E-state index < -0.39 is 7.92 Å². The first kappa shape index (κ1) is 24.0. The fourth-order valence-corrected chi connectivity index (χ4v) is 5.55. The molecule has 4 rings (SSSR count). The molecule has 30 heavy (non-hydrogen) atoms. The van der Waals surface area contributed by atoms with E-state index in [2.05, 4.69) is 112 Å². The maximum absolute atomic E-state index is 4.06. The number of hydrogen-bond acceptors (Lipinski definition) is 3. The molecule has 0 bridgehead atoms. The summed E-state index contributed by atoms with van der Waals surface area (Å²) in [6.45, 7) is 5.42. The average molecular weight is 600 g/mol. The van der Waals surface area contributed by atoms with Crippen LogP contribution in [-0.4, -0.2) is 26.8 Å². The Morgan fingerprint density at radius 3 is 1.53 bits per heavy atom. The third kappa shape index (κ3) is 6.61. The van der Waals surface area contributed by atoms with E-state index in [0.717, 1.165) is 13.1 Å². The fraction of sp³-hybridized carbons (Fsp3) is 0.174. The van der Waals surface area contributed by atoms with Gasteiger partial charge in [-0.15, -0.1) is 10.4 Å². The molecule has 7 heteroatoms. The third-order valence-corrected chi connectivity index (χ3v) is 7.03. The molecule has 0 spiro atoms. The van der Waals surface area contributed by atoms with Gasteiger partial charge in [-0.05, 0) is 49.5 Å². The smallest absolute Gasteiger partial charge is 0.392 e. The summed E-state index contributed by atoms with van der Waals surface area (Å²) in [5.74, 6) is 0.616. The van der Waals surface area contributed by atoms with Crippen LogP contribution in [0.15, 0.2) is 91.0 Å². The first-order chi connectivity index (χ1) is 14.3. The van der Waals surface area contributed by atoms with Gasteiger partial charge in [0.1, 0.15) is 15.9 Å². The van der Waals surface area contributed by atoms with Crippen LogP contribution >= 0.6 is 7.92 Å². The van der Waals surface area contributed by atoms with Gasteiger partial charge in [-0.1, -0.05) is 68.4 Å². The van der Waals surface area contributed by atoms with Crippen molar-refractivity contribution >= 4 is 29.8 Å². The van der Waals surface area contributed by atoms with E-state index in [1.807, 2.05) is 13.8 Å². The summed E-state index contributed by atoms with van der Waals surface area (Å²) in [7, 11) is -0.877. The predicted molar refractivity (Wildman–Crippen MR) is 124 cm³/mol. The number of aromatic nitrogens is 4. The van der Waals surface area contributed by atoms with Crippen molar-refractivity contribution in [2.75, 3.05) is 6.54 Å². The second-order valence-corrected chi connectivity index (χ2v) is 8.72. The SMILES string of the molecule is CC[N-]c1nnnn1CC.[Au+].c1ccc([PH+](c2ccccc2)c2ccccc2)cc1. The van der Waals surface area contributed by atoms with Gasteiger partial charge in [-0.3, -0.25) is 5.10 Å². The molecule has 0 saturated heterocycles. The van der Waals surface area contributed by atoms with E-state index in [1.165, 1.54) is 15.9 Å². The standard InChI is InChI=1S/C18H15P.C5H10N5.Au/c1-4-10-16(11-5-1)19(17-12-6-2-7-13-17)18-14-8-3-9-15-18;1-3-6-5-7-8-9-10(5)4-2;/h1-15H;3-4H2,1-2H3;/q;-1;+1/p+1. The molecule has 1 heterocycles. The Morgan fingerprint density at radius 2 is 1.17 bits per heavy atom. The average Bonchev–Trinajstić information content (AvgIpc) is 3.24. The molecule has 3 aromatic carbocycles. The van der Waals surface area contributed by atoms with Crippen molar-refractivity contribution in [2.24, 2.45) is 0 Å². The van der Waals surface area contributed by atoms with Gasteiger partial charge in [-0.2, -0.15) is 0 Å². The second kappa shape index (κ2) is 13.1. The van der Waals surface area contributed by atoms with Crippen molar-refractivity contribution in [2.45, 2.75) is 20.4 Å². The summed E-state index contributed by atoms with van der Waals surface area (Å²) in [5, 5.41) is 19.3. The predicted octanol–water partition coefficient (Wildman–Crippen LogP) is 3.89. The van der Waals surface area contributed by atoms with Crippen molar-refractivity contribution < 1.29 is 22.4 Å². The van der Waals surface area contributed by atoms with E-state index in [-0.39, 0.29) is 22.4 Å². The molecule has 0 aliphatic carbocycles. The van der Waals surface area contributed by atoms with Gasteiger partial charge >= 0.3 is 22.4 Å². The molecule has 158 valence electrons. The Bertz CT molecular complexity index is 871. The minimum Gasteiger partial charge on any atom is -0.392 e. The molecule has 0 saturated carbocycles. The van der Waals surface area contributed by atoms with Crippen LogP contribution in [0, 0.1) is 0 Å². The molecule has 0 aliphatic rings. The Kier molecular flexibility index (Phi) is 10.5. The van der Waals surface area contributed by atoms with Gasteiger partial charge in [0.05, 0.1) is 13.9 Å². The molecule has 5 nitrogen and oxygen atoms in total. The van der Waals surface area contributed by atoms with Crippen molar-refractivity contribution in [1.29, 1.82) is 0 Å². The number of aryl methyl sites for hydroxylation is 1. The molecule has 4 aromatic rings. The van der Waals surface area contributed by atoms with Crippen LogP contribution in [0.1, 0.15) is 13.8 Å². The monoisotopic (exact) mass is 600 g/mol. The molecule has 0 radical (unpaired) electrons. The van der Waals surface area contributed by atoms with Crippen LogP contribution < -0.4 is 15.9 Å². The van der Waals surface area contributed by atoms with Crippen molar-refractivity contribution in [3.8, 4) is 0 Å². The van der Waals surface area contributed by atoms with Crippen LogP contribution in [0.3, 0.4) is 0 Å². The number of benzene rings is 3. The quantitative estimate of drug-likeness (QED) is 0.250. The number of tetrazole rings is 1. The van der Waals surface area contributed by atoms with Crippen LogP contribution in [0.4, 0.5) is 5.95 Å². The molecular formula is C23H26AuN5P+. The summed E-state index contributed by atoms with van der Waals surface area (Å²) in [5.41, 5.74) is 0. The second-order valence-electron chi connectivity index (χ2n) is 6.24. The van der Waals surface area contributed by atoms with Crippen LogP contribution in [0.25, 0.3) is 5.32 Å². The molecule has 1 aromatic heterocycles. The summed E-state index contributed by atoms with van der Waals surface area (Å²) < 4.78 is 1.66. The molecule has 0 unspecified atom stereocenters. The first-order valence-electron chi connectivity index (χ1n) is 9.80. The number of hydrogen-bond donors (Lipinski definition) is 0. The zero-order valence-electron chi connectivity index (χ0n) is 17.1. The van der Waals surface area contributed by atoms with Crippen molar-refractivity contribution in [3.05, 3.63) is 96.3 Å². The maximum Gasteiger partial charge on any atom is 1.00 e. The van der Waals surface area contributed by atoms with Gasteiger partial charge in [0.15, 0.2) is 0 Å². The fourth-order valence-electron chi connectivity index (χ4n) is 2.97. The van der Waals surface area contributed by atoms with E-state index in [9.17, 15) is 0 Å². The minimum atomic E-state index is -0.877. The Labute approximate surface area is 195 Å². The van der Waals surface area contributed by atoms with E-state index >= 15 is 0 Å². The molecule has 0 amide bonds. The van der Waals surface area contributed by atoms with Gasteiger partial charge in [-0.25, -0.2) is 0 Å². The van der Waals surface area contributed by atoms with Gasteiger partial charge < -0.3 is 10.00 Å². The van der Waals surface area contributed by atoms with Crippen molar-refractivity contribution in [1.82, 2.24) is 20.2 Å². The molecule has 0 aliphatic heterocycles. The molecule has 0 N–H and O–H groups in total. The maximum atomic E-state index is 4.06. The van der Waals surface area contributed by atoms with Crippen LogP contribution in [0.2, 0.25) is 0 Å². The Balaban J connectivity index is 0.000000249. The number of nitrogens with zero attached hydrogens (tertiary/aromatic N) is 5. The third-order valence-electron chi connectivity index (χ3n) is 4.30. The minimum absolute atomic E-state index is 0. The van der Waals surface area contributed by atoms with Gasteiger partial charge in [0.25, 0.3) is 0 Å². The topological polar surface area (TPSA) is 57.7 Å². The molecular weight excluding hydrogens is 574 g/mol. The number of rotatable bonds is 6. The summed E-state index contributed by atoms with van der Waals surface area (Å²) >= 11 is 0.